The quantitative estimate of drug-likeness (QED) is 0.784. The van der Waals surface area contributed by atoms with Crippen molar-refractivity contribution in [1.82, 2.24) is 9.55 Å². The van der Waals surface area contributed by atoms with E-state index in [9.17, 15) is 4.79 Å². The second-order valence-electron chi connectivity index (χ2n) is 4.25. The monoisotopic (exact) mass is 225 g/mol. The normalized spacial score (nSPS) is 10.8. The number of hydrogen-bond acceptors (Lipinski definition) is 4. The van der Waals surface area contributed by atoms with Crippen molar-refractivity contribution in [2.45, 2.75) is 20.4 Å². The molecule has 16 heavy (non-hydrogen) atoms. The van der Waals surface area contributed by atoms with E-state index < -0.39 is 0 Å². The summed E-state index contributed by atoms with van der Waals surface area (Å²) < 4.78 is 1.65. The number of aliphatic hydroxyl groups is 1. The summed E-state index contributed by atoms with van der Waals surface area (Å²) in [5, 5.41) is 8.83. The molecule has 0 saturated heterocycles. The highest BCUT2D eigenvalue weighted by molar-refractivity contribution is 5.34. The lowest BCUT2D eigenvalue weighted by molar-refractivity contribution is 0.303. The Labute approximate surface area is 95.4 Å². The van der Waals surface area contributed by atoms with Crippen LogP contribution in [0.15, 0.2) is 17.2 Å². The van der Waals surface area contributed by atoms with Crippen LogP contribution in [0.3, 0.4) is 0 Å². The van der Waals surface area contributed by atoms with Crippen molar-refractivity contribution in [2.24, 2.45) is 5.92 Å². The minimum atomic E-state index is -0.104. The topological polar surface area (TPSA) is 58.4 Å². The smallest absolute Gasteiger partial charge is 0.293 e. The van der Waals surface area contributed by atoms with Gasteiger partial charge in [0.25, 0.3) is 5.56 Å². The van der Waals surface area contributed by atoms with Crippen molar-refractivity contribution in [3.05, 3.63) is 22.7 Å². The van der Waals surface area contributed by atoms with E-state index >= 15 is 0 Å². The van der Waals surface area contributed by atoms with Crippen LogP contribution in [0.1, 0.15) is 13.8 Å². The molecule has 1 heterocycles. The number of nitrogens with zero attached hydrogens (tertiary/aromatic N) is 3. The van der Waals surface area contributed by atoms with E-state index in [4.69, 9.17) is 5.11 Å². The summed E-state index contributed by atoms with van der Waals surface area (Å²) >= 11 is 0. The van der Waals surface area contributed by atoms with Gasteiger partial charge >= 0.3 is 0 Å². The number of likely N-dealkylation sites (N-methyl/N-ethyl adjacent to an activating group) is 1. The highest BCUT2D eigenvalue weighted by atomic mass is 16.3. The fourth-order valence-electron chi connectivity index (χ4n) is 1.49. The number of anilines is 1. The molecule has 1 N–H and O–H groups in total. The molecule has 0 atom stereocenters. The SMILES string of the molecule is CC(C)Cn1ccnc(N(C)CCO)c1=O. The van der Waals surface area contributed by atoms with Gasteiger partial charge in [0, 0.05) is 32.5 Å². The van der Waals surface area contributed by atoms with Gasteiger partial charge in [0.2, 0.25) is 0 Å². The molecule has 90 valence electrons. The van der Waals surface area contributed by atoms with Gasteiger partial charge in [-0.1, -0.05) is 13.8 Å². The molecule has 0 aromatic carbocycles. The highest BCUT2D eigenvalue weighted by Gasteiger charge is 2.09. The summed E-state index contributed by atoms with van der Waals surface area (Å²) in [4.78, 5) is 17.7. The van der Waals surface area contributed by atoms with E-state index in [0.717, 1.165) is 0 Å². The van der Waals surface area contributed by atoms with Crippen LogP contribution in [0.2, 0.25) is 0 Å². The molecule has 0 aliphatic rings. The van der Waals surface area contributed by atoms with Crippen molar-refractivity contribution >= 4 is 5.82 Å². The second kappa shape index (κ2) is 5.65. The predicted molar refractivity (Wildman–Crippen MR) is 63.7 cm³/mol. The number of rotatable bonds is 5. The first-order valence-electron chi connectivity index (χ1n) is 5.43. The summed E-state index contributed by atoms with van der Waals surface area (Å²) in [7, 11) is 1.75. The van der Waals surface area contributed by atoms with Crippen molar-refractivity contribution in [3.8, 4) is 0 Å². The third kappa shape index (κ3) is 3.06. The van der Waals surface area contributed by atoms with Gasteiger partial charge in [0.1, 0.15) is 0 Å². The third-order valence-electron chi connectivity index (χ3n) is 2.25. The second-order valence-corrected chi connectivity index (χ2v) is 4.25. The Morgan fingerprint density at radius 3 is 2.81 bits per heavy atom. The van der Waals surface area contributed by atoms with Crippen molar-refractivity contribution in [1.29, 1.82) is 0 Å². The molecular formula is C11H19N3O2. The van der Waals surface area contributed by atoms with Crippen LogP contribution in [-0.2, 0) is 6.54 Å². The van der Waals surface area contributed by atoms with E-state index in [1.165, 1.54) is 0 Å². The fourth-order valence-corrected chi connectivity index (χ4v) is 1.49. The summed E-state index contributed by atoms with van der Waals surface area (Å²) in [6.07, 6.45) is 3.31. The Balaban J connectivity index is 2.99. The lowest BCUT2D eigenvalue weighted by Crippen LogP contribution is -2.32. The van der Waals surface area contributed by atoms with Gasteiger partial charge in [-0.2, -0.15) is 0 Å². The van der Waals surface area contributed by atoms with E-state index in [0.29, 0.717) is 24.8 Å². The van der Waals surface area contributed by atoms with Gasteiger partial charge in [0.15, 0.2) is 5.82 Å². The molecule has 1 aromatic heterocycles. The Bertz CT molecular complexity index is 387. The molecule has 1 aromatic rings. The van der Waals surface area contributed by atoms with E-state index in [-0.39, 0.29) is 12.2 Å². The molecule has 5 heteroatoms. The standard InChI is InChI=1S/C11H19N3O2/c1-9(2)8-14-5-4-12-10(11(14)16)13(3)6-7-15/h4-5,9,15H,6-8H2,1-3H3. The van der Waals surface area contributed by atoms with Crippen molar-refractivity contribution in [3.63, 3.8) is 0 Å². The molecule has 0 saturated carbocycles. The van der Waals surface area contributed by atoms with Gasteiger partial charge in [0.05, 0.1) is 6.61 Å². The number of aromatic nitrogens is 2. The van der Waals surface area contributed by atoms with Gasteiger partial charge < -0.3 is 14.6 Å². The van der Waals surface area contributed by atoms with E-state index in [1.807, 2.05) is 0 Å². The molecule has 0 fully saturated rings. The third-order valence-corrected chi connectivity index (χ3v) is 2.25. The lowest BCUT2D eigenvalue weighted by atomic mass is 10.2. The zero-order chi connectivity index (χ0) is 12.1. The Morgan fingerprint density at radius 1 is 1.56 bits per heavy atom. The van der Waals surface area contributed by atoms with E-state index in [2.05, 4.69) is 18.8 Å². The van der Waals surface area contributed by atoms with Crippen LogP contribution in [0.5, 0.6) is 0 Å². The van der Waals surface area contributed by atoms with Gasteiger partial charge in [-0.05, 0) is 5.92 Å². The first kappa shape index (κ1) is 12.7. The van der Waals surface area contributed by atoms with Crippen molar-refractivity contribution in [2.75, 3.05) is 25.1 Å². The average molecular weight is 225 g/mol. The molecular weight excluding hydrogens is 206 g/mol. The molecule has 0 amide bonds. The van der Waals surface area contributed by atoms with Gasteiger partial charge in [-0.25, -0.2) is 4.98 Å². The molecule has 0 unspecified atom stereocenters. The zero-order valence-corrected chi connectivity index (χ0v) is 10.1. The highest BCUT2D eigenvalue weighted by Crippen LogP contribution is 2.02. The molecule has 0 radical (unpaired) electrons. The minimum absolute atomic E-state index is 0.0106. The molecule has 0 spiro atoms. The van der Waals surface area contributed by atoms with Crippen LogP contribution >= 0.6 is 0 Å². The predicted octanol–water partition coefficient (Wildman–Crippen LogP) is 0.328. The molecule has 0 aliphatic heterocycles. The fraction of sp³-hybridized carbons (Fsp3) is 0.636. The van der Waals surface area contributed by atoms with Crippen LogP contribution in [-0.4, -0.2) is 34.9 Å². The maximum atomic E-state index is 12.0. The summed E-state index contributed by atoms with van der Waals surface area (Å²) in [5.74, 6) is 0.799. The van der Waals surface area contributed by atoms with Crippen LogP contribution in [0, 0.1) is 5.92 Å². The zero-order valence-electron chi connectivity index (χ0n) is 10.1. The maximum Gasteiger partial charge on any atom is 0.293 e. The maximum absolute atomic E-state index is 12.0. The Kier molecular flexibility index (Phi) is 4.49. The van der Waals surface area contributed by atoms with Crippen LogP contribution in [0.25, 0.3) is 0 Å². The molecule has 0 bridgehead atoms. The Morgan fingerprint density at radius 2 is 2.25 bits per heavy atom. The Hall–Kier alpha value is -1.36. The van der Waals surface area contributed by atoms with Crippen molar-refractivity contribution < 1.29 is 5.11 Å². The number of hydrogen-bond donors (Lipinski definition) is 1. The lowest BCUT2D eigenvalue weighted by Gasteiger charge is -2.17. The van der Waals surface area contributed by atoms with Crippen LogP contribution in [0.4, 0.5) is 5.82 Å². The van der Waals surface area contributed by atoms with E-state index in [1.54, 1.807) is 28.9 Å². The molecule has 0 aliphatic carbocycles. The van der Waals surface area contributed by atoms with Gasteiger partial charge in [-0.3, -0.25) is 4.79 Å². The van der Waals surface area contributed by atoms with Crippen LogP contribution < -0.4 is 10.5 Å². The first-order valence-corrected chi connectivity index (χ1v) is 5.43. The first-order chi connectivity index (χ1) is 7.56. The minimum Gasteiger partial charge on any atom is -0.395 e. The summed E-state index contributed by atoms with van der Waals surface area (Å²) in [6, 6.07) is 0. The molecule has 5 nitrogen and oxygen atoms in total. The molecule has 1 rings (SSSR count). The summed E-state index contributed by atoms with van der Waals surface area (Å²) in [5.41, 5.74) is -0.104. The van der Waals surface area contributed by atoms with Gasteiger partial charge in [-0.15, -0.1) is 0 Å². The summed E-state index contributed by atoms with van der Waals surface area (Å²) in [6.45, 7) is 5.22. The average Bonchev–Trinajstić information content (AvgIpc) is 2.21. The number of aliphatic hydroxyl groups excluding tert-OH is 1. The largest absolute Gasteiger partial charge is 0.395 e.